The van der Waals surface area contributed by atoms with E-state index in [1.807, 2.05) is 30.3 Å². The third-order valence-corrected chi connectivity index (χ3v) is 4.86. The molecular weight excluding hydrogens is 325 g/mol. The number of nitrogens with one attached hydrogen (secondary N) is 1. The molecule has 0 atom stereocenters. The van der Waals surface area contributed by atoms with Gasteiger partial charge in [0, 0.05) is 22.6 Å². The number of para-hydroxylation sites is 1. The number of hydrogen-bond acceptors (Lipinski definition) is 3. The minimum atomic E-state index is -0.363. The van der Waals surface area contributed by atoms with Gasteiger partial charge < -0.3 is 5.32 Å². The van der Waals surface area contributed by atoms with Crippen LogP contribution in [0.15, 0.2) is 54.6 Å². The number of nitrogens with zero attached hydrogens (tertiary/aromatic N) is 2. The molecule has 0 aliphatic carbocycles. The van der Waals surface area contributed by atoms with Gasteiger partial charge in [-0.25, -0.2) is 9.07 Å². The van der Waals surface area contributed by atoms with Gasteiger partial charge in [0.15, 0.2) is 0 Å². The molecule has 1 N–H and O–H groups in total. The number of thioether (sulfide) groups is 1. The maximum Gasteiger partial charge on any atom is 0.256 e. The van der Waals surface area contributed by atoms with Crippen LogP contribution in [0.3, 0.4) is 0 Å². The highest BCUT2D eigenvalue weighted by Crippen LogP contribution is 2.36. The van der Waals surface area contributed by atoms with Crippen LogP contribution < -0.4 is 5.32 Å². The molecule has 0 radical (unpaired) electrons. The van der Waals surface area contributed by atoms with Crippen LogP contribution >= 0.6 is 11.8 Å². The number of carbonyl (C=O) groups is 1. The van der Waals surface area contributed by atoms with Crippen LogP contribution in [-0.2, 0) is 11.5 Å². The standard InChI is InChI=1S/C18H14FN3OS/c19-13-8-6-12(7-9-13)18(23)20-17-15-10-24-11-16(15)21-22(17)14-4-2-1-3-5-14/h1-9H,10-11H2,(H,20,23). The van der Waals surface area contributed by atoms with Gasteiger partial charge in [-0.2, -0.15) is 16.9 Å². The Bertz CT molecular complexity index is 891. The van der Waals surface area contributed by atoms with Crippen molar-refractivity contribution in [3.05, 3.63) is 77.2 Å². The van der Waals surface area contributed by atoms with Crippen LogP contribution in [0.2, 0.25) is 0 Å². The Hall–Kier alpha value is -2.60. The van der Waals surface area contributed by atoms with Gasteiger partial charge in [-0.1, -0.05) is 18.2 Å². The second-order valence-corrected chi connectivity index (χ2v) is 6.46. The van der Waals surface area contributed by atoms with E-state index < -0.39 is 0 Å². The maximum absolute atomic E-state index is 13.0. The second-order valence-electron chi connectivity index (χ2n) is 5.48. The summed E-state index contributed by atoms with van der Waals surface area (Å²) in [5, 5.41) is 7.59. The third-order valence-electron chi connectivity index (χ3n) is 3.89. The van der Waals surface area contributed by atoms with Gasteiger partial charge >= 0.3 is 0 Å². The van der Waals surface area contributed by atoms with Crippen LogP contribution in [0, 0.1) is 5.82 Å². The van der Waals surface area contributed by atoms with Crippen molar-refractivity contribution >= 4 is 23.5 Å². The van der Waals surface area contributed by atoms with Gasteiger partial charge in [0.2, 0.25) is 0 Å². The SMILES string of the molecule is O=C(Nc1c2c(nn1-c1ccccc1)CSC2)c1ccc(F)cc1. The average molecular weight is 339 g/mol. The van der Waals surface area contributed by atoms with Crippen molar-refractivity contribution in [2.75, 3.05) is 5.32 Å². The number of carbonyl (C=O) groups excluding carboxylic acids is 1. The highest BCUT2D eigenvalue weighted by Gasteiger charge is 2.24. The Morgan fingerprint density at radius 3 is 2.58 bits per heavy atom. The Morgan fingerprint density at radius 1 is 1.08 bits per heavy atom. The minimum Gasteiger partial charge on any atom is -0.306 e. The van der Waals surface area contributed by atoms with Crippen LogP contribution in [0.5, 0.6) is 0 Å². The fourth-order valence-corrected chi connectivity index (χ4v) is 3.71. The van der Waals surface area contributed by atoms with Crippen molar-refractivity contribution in [1.29, 1.82) is 0 Å². The second kappa shape index (κ2) is 6.13. The summed E-state index contributed by atoms with van der Waals surface area (Å²) in [6, 6.07) is 15.2. The highest BCUT2D eigenvalue weighted by atomic mass is 32.2. The molecule has 2 aromatic carbocycles. The number of anilines is 1. The van der Waals surface area contributed by atoms with Crippen molar-refractivity contribution in [2.45, 2.75) is 11.5 Å². The molecule has 4 rings (SSSR count). The van der Waals surface area contributed by atoms with E-state index in [-0.39, 0.29) is 11.7 Å². The number of amides is 1. The summed E-state index contributed by atoms with van der Waals surface area (Å²) in [5.74, 6) is 1.72. The Balaban J connectivity index is 1.72. The summed E-state index contributed by atoms with van der Waals surface area (Å²) in [4.78, 5) is 12.5. The van der Waals surface area contributed by atoms with Crippen LogP contribution in [0.25, 0.3) is 5.69 Å². The maximum atomic E-state index is 13.0. The molecule has 0 fully saturated rings. The quantitative estimate of drug-likeness (QED) is 0.784. The first-order valence-corrected chi connectivity index (χ1v) is 8.69. The summed E-state index contributed by atoms with van der Waals surface area (Å²) in [6.45, 7) is 0. The zero-order chi connectivity index (χ0) is 16.5. The summed E-state index contributed by atoms with van der Waals surface area (Å²) in [7, 11) is 0. The first-order chi connectivity index (χ1) is 11.7. The number of fused-ring (bicyclic) bond motifs is 1. The van der Waals surface area contributed by atoms with Gasteiger partial charge in [-0.05, 0) is 36.4 Å². The summed E-state index contributed by atoms with van der Waals surface area (Å²) >= 11 is 1.78. The van der Waals surface area contributed by atoms with E-state index in [0.29, 0.717) is 11.4 Å². The zero-order valence-corrected chi connectivity index (χ0v) is 13.5. The molecule has 0 unspecified atom stereocenters. The summed E-state index contributed by atoms with van der Waals surface area (Å²) in [5.41, 5.74) is 3.36. The monoisotopic (exact) mass is 339 g/mol. The largest absolute Gasteiger partial charge is 0.306 e. The molecule has 6 heteroatoms. The van der Waals surface area contributed by atoms with E-state index in [1.165, 1.54) is 24.3 Å². The molecule has 1 aliphatic heterocycles. The van der Waals surface area contributed by atoms with Crippen molar-refractivity contribution in [1.82, 2.24) is 9.78 Å². The lowest BCUT2D eigenvalue weighted by molar-refractivity contribution is 0.102. The molecule has 4 nitrogen and oxygen atoms in total. The molecular formula is C18H14FN3OS. The summed E-state index contributed by atoms with van der Waals surface area (Å²) in [6.07, 6.45) is 0. The van der Waals surface area contributed by atoms with Crippen molar-refractivity contribution < 1.29 is 9.18 Å². The minimum absolute atomic E-state index is 0.271. The van der Waals surface area contributed by atoms with Crippen LogP contribution in [-0.4, -0.2) is 15.7 Å². The lowest BCUT2D eigenvalue weighted by Crippen LogP contribution is -2.16. The van der Waals surface area contributed by atoms with Crippen molar-refractivity contribution in [2.24, 2.45) is 0 Å². The normalized spacial score (nSPS) is 12.9. The number of halogens is 1. The Kier molecular flexibility index (Phi) is 3.82. The molecule has 24 heavy (non-hydrogen) atoms. The fraction of sp³-hybridized carbons (Fsp3) is 0.111. The fourth-order valence-electron chi connectivity index (χ4n) is 2.68. The number of hydrogen-bond donors (Lipinski definition) is 1. The molecule has 1 aromatic heterocycles. The van der Waals surface area contributed by atoms with Gasteiger partial charge in [-0.3, -0.25) is 4.79 Å². The smallest absolute Gasteiger partial charge is 0.256 e. The molecule has 0 spiro atoms. The first-order valence-electron chi connectivity index (χ1n) is 7.53. The lowest BCUT2D eigenvalue weighted by Gasteiger charge is -2.11. The molecule has 2 heterocycles. The predicted octanol–water partition coefficient (Wildman–Crippen LogP) is 4.01. The molecule has 3 aromatic rings. The van der Waals surface area contributed by atoms with E-state index in [2.05, 4.69) is 10.4 Å². The zero-order valence-electron chi connectivity index (χ0n) is 12.7. The van der Waals surface area contributed by atoms with Crippen molar-refractivity contribution in [3.8, 4) is 5.69 Å². The van der Waals surface area contributed by atoms with E-state index in [9.17, 15) is 9.18 Å². The van der Waals surface area contributed by atoms with Crippen molar-refractivity contribution in [3.63, 3.8) is 0 Å². The first kappa shape index (κ1) is 15.0. The molecule has 0 saturated carbocycles. The molecule has 0 saturated heterocycles. The van der Waals surface area contributed by atoms with E-state index >= 15 is 0 Å². The van der Waals surface area contributed by atoms with Gasteiger partial charge in [0.05, 0.1) is 11.4 Å². The highest BCUT2D eigenvalue weighted by molar-refractivity contribution is 7.98. The van der Waals surface area contributed by atoms with Gasteiger partial charge in [-0.15, -0.1) is 0 Å². The van der Waals surface area contributed by atoms with Crippen LogP contribution in [0.1, 0.15) is 21.6 Å². The Labute approximate surface area is 142 Å². The lowest BCUT2D eigenvalue weighted by atomic mass is 10.2. The third kappa shape index (κ3) is 2.69. The Morgan fingerprint density at radius 2 is 1.83 bits per heavy atom. The molecule has 1 aliphatic rings. The molecule has 120 valence electrons. The van der Waals surface area contributed by atoms with Gasteiger partial charge in [0.25, 0.3) is 5.91 Å². The topological polar surface area (TPSA) is 46.9 Å². The molecule has 0 bridgehead atoms. The van der Waals surface area contributed by atoms with E-state index in [1.54, 1.807) is 16.4 Å². The van der Waals surface area contributed by atoms with Crippen LogP contribution in [0.4, 0.5) is 10.2 Å². The van der Waals surface area contributed by atoms with Gasteiger partial charge in [0.1, 0.15) is 11.6 Å². The molecule has 1 amide bonds. The van der Waals surface area contributed by atoms with E-state index in [4.69, 9.17) is 0 Å². The number of rotatable bonds is 3. The summed E-state index contributed by atoms with van der Waals surface area (Å²) < 4.78 is 14.8. The van der Waals surface area contributed by atoms with E-state index in [0.717, 1.165) is 28.5 Å². The number of aromatic nitrogens is 2. The predicted molar refractivity (Wildman–Crippen MR) is 92.9 cm³/mol. The average Bonchev–Trinajstić information content (AvgIpc) is 3.19. The number of benzene rings is 2.